The lowest BCUT2D eigenvalue weighted by Gasteiger charge is -2.03. The molecule has 0 aliphatic heterocycles. The van der Waals surface area contributed by atoms with E-state index in [-0.39, 0.29) is 5.91 Å². The molecule has 2 heterocycles. The smallest absolute Gasteiger partial charge is 0.256 e. The summed E-state index contributed by atoms with van der Waals surface area (Å²) in [6.07, 6.45) is 3.31. The number of rotatable bonds is 2. The summed E-state index contributed by atoms with van der Waals surface area (Å²) in [4.78, 5) is 18.0. The first kappa shape index (κ1) is 10.8. The van der Waals surface area contributed by atoms with Gasteiger partial charge >= 0.3 is 0 Å². The van der Waals surface area contributed by atoms with Crippen molar-refractivity contribution in [3.05, 3.63) is 45.9 Å². The minimum absolute atomic E-state index is 0.0620. The first-order valence-electron chi connectivity index (χ1n) is 4.95. The van der Waals surface area contributed by atoms with Crippen LogP contribution < -0.4 is 5.32 Å². The Morgan fingerprint density at radius 1 is 1.31 bits per heavy atom. The highest BCUT2D eigenvalue weighted by molar-refractivity contribution is 7.12. The Labute approximate surface area is 98.2 Å². The van der Waals surface area contributed by atoms with Gasteiger partial charge in [-0.3, -0.25) is 9.78 Å². The molecular formula is C12H12N2OS. The average molecular weight is 232 g/mol. The monoisotopic (exact) mass is 232 g/mol. The number of hydrogen-bond acceptors (Lipinski definition) is 3. The topological polar surface area (TPSA) is 42.0 Å². The minimum atomic E-state index is -0.0620. The average Bonchev–Trinajstić information content (AvgIpc) is 2.59. The zero-order valence-corrected chi connectivity index (χ0v) is 9.97. The van der Waals surface area contributed by atoms with E-state index in [1.54, 1.807) is 35.9 Å². The van der Waals surface area contributed by atoms with E-state index in [4.69, 9.17) is 0 Å². The molecule has 1 amide bonds. The summed E-state index contributed by atoms with van der Waals surface area (Å²) in [6.45, 7) is 3.96. The van der Waals surface area contributed by atoms with Crippen molar-refractivity contribution in [3.63, 3.8) is 0 Å². The van der Waals surface area contributed by atoms with Crippen LogP contribution in [0.2, 0.25) is 0 Å². The van der Waals surface area contributed by atoms with Crippen LogP contribution in [0.15, 0.2) is 30.6 Å². The number of aryl methyl sites for hydroxylation is 2. The van der Waals surface area contributed by atoms with Gasteiger partial charge in [-0.25, -0.2) is 0 Å². The van der Waals surface area contributed by atoms with E-state index in [9.17, 15) is 4.79 Å². The van der Waals surface area contributed by atoms with Crippen LogP contribution in [0.25, 0.3) is 0 Å². The van der Waals surface area contributed by atoms with Crippen LogP contribution in [0.1, 0.15) is 20.1 Å². The molecule has 0 saturated carbocycles. The molecule has 3 nitrogen and oxygen atoms in total. The molecule has 4 heteroatoms. The number of pyridine rings is 1. The van der Waals surface area contributed by atoms with Crippen molar-refractivity contribution in [2.24, 2.45) is 0 Å². The molecule has 16 heavy (non-hydrogen) atoms. The summed E-state index contributed by atoms with van der Waals surface area (Å²) < 4.78 is 0. The second kappa shape index (κ2) is 4.45. The highest BCUT2D eigenvalue weighted by atomic mass is 32.1. The Balaban J connectivity index is 2.18. The zero-order valence-electron chi connectivity index (χ0n) is 9.15. The Bertz CT molecular complexity index is 505. The molecule has 0 spiro atoms. The third-order valence-corrected chi connectivity index (χ3v) is 3.19. The van der Waals surface area contributed by atoms with Crippen molar-refractivity contribution >= 4 is 22.9 Å². The fraction of sp³-hybridized carbons (Fsp3) is 0.167. The van der Waals surface area contributed by atoms with Gasteiger partial charge in [-0.1, -0.05) is 0 Å². The molecule has 82 valence electrons. The molecule has 2 rings (SSSR count). The van der Waals surface area contributed by atoms with Crippen molar-refractivity contribution in [2.45, 2.75) is 13.8 Å². The first-order valence-corrected chi connectivity index (χ1v) is 5.77. The van der Waals surface area contributed by atoms with Gasteiger partial charge in [0.2, 0.25) is 0 Å². The summed E-state index contributed by atoms with van der Waals surface area (Å²) in [7, 11) is 0. The van der Waals surface area contributed by atoms with Gasteiger partial charge < -0.3 is 5.32 Å². The van der Waals surface area contributed by atoms with Gasteiger partial charge in [0.1, 0.15) is 0 Å². The van der Waals surface area contributed by atoms with Gasteiger partial charge in [-0.15, -0.1) is 11.3 Å². The molecule has 0 aliphatic carbocycles. The van der Waals surface area contributed by atoms with Crippen molar-refractivity contribution in [3.8, 4) is 0 Å². The quantitative estimate of drug-likeness (QED) is 0.864. The molecule has 0 aliphatic rings. The SMILES string of the molecule is Cc1cc(C(=O)Nc2ccncc2)c(C)s1. The zero-order chi connectivity index (χ0) is 11.5. The molecule has 0 aromatic carbocycles. The third-order valence-electron chi connectivity index (χ3n) is 2.22. The lowest BCUT2D eigenvalue weighted by molar-refractivity contribution is 0.102. The molecule has 0 radical (unpaired) electrons. The Hall–Kier alpha value is -1.68. The maximum Gasteiger partial charge on any atom is 0.256 e. The van der Waals surface area contributed by atoms with E-state index in [1.165, 1.54) is 0 Å². The number of nitrogens with one attached hydrogen (secondary N) is 1. The summed E-state index contributed by atoms with van der Waals surface area (Å²) in [5.41, 5.74) is 1.52. The van der Waals surface area contributed by atoms with Gasteiger partial charge in [0.15, 0.2) is 0 Å². The van der Waals surface area contributed by atoms with Crippen molar-refractivity contribution in [1.82, 2.24) is 4.98 Å². The fourth-order valence-electron chi connectivity index (χ4n) is 1.49. The van der Waals surface area contributed by atoms with Gasteiger partial charge in [0.05, 0.1) is 5.56 Å². The molecule has 0 saturated heterocycles. The molecule has 2 aromatic heterocycles. The van der Waals surface area contributed by atoms with E-state index in [1.807, 2.05) is 19.9 Å². The van der Waals surface area contributed by atoms with Crippen LogP contribution >= 0.6 is 11.3 Å². The number of aromatic nitrogens is 1. The summed E-state index contributed by atoms with van der Waals surface area (Å²) >= 11 is 1.63. The largest absolute Gasteiger partial charge is 0.322 e. The number of carbonyl (C=O) groups is 1. The maximum absolute atomic E-state index is 11.9. The second-order valence-corrected chi connectivity index (χ2v) is 4.98. The lowest BCUT2D eigenvalue weighted by atomic mass is 10.2. The van der Waals surface area contributed by atoms with E-state index < -0.39 is 0 Å². The number of nitrogens with zero attached hydrogens (tertiary/aromatic N) is 1. The van der Waals surface area contributed by atoms with Gasteiger partial charge in [0, 0.05) is 27.8 Å². The molecule has 1 N–H and O–H groups in total. The highest BCUT2D eigenvalue weighted by Crippen LogP contribution is 2.21. The Morgan fingerprint density at radius 3 is 2.56 bits per heavy atom. The van der Waals surface area contributed by atoms with Crippen molar-refractivity contribution in [1.29, 1.82) is 0 Å². The van der Waals surface area contributed by atoms with Crippen LogP contribution in [0, 0.1) is 13.8 Å². The van der Waals surface area contributed by atoms with Crippen LogP contribution in [-0.2, 0) is 0 Å². The first-order chi connectivity index (χ1) is 7.66. The van der Waals surface area contributed by atoms with Gasteiger partial charge in [-0.2, -0.15) is 0 Å². The highest BCUT2D eigenvalue weighted by Gasteiger charge is 2.11. The third kappa shape index (κ3) is 2.28. The van der Waals surface area contributed by atoms with E-state index in [2.05, 4.69) is 10.3 Å². The molecule has 2 aromatic rings. The molecular weight excluding hydrogens is 220 g/mol. The van der Waals surface area contributed by atoms with E-state index in [0.29, 0.717) is 0 Å². The number of hydrogen-bond donors (Lipinski definition) is 1. The van der Waals surface area contributed by atoms with E-state index >= 15 is 0 Å². The Morgan fingerprint density at radius 2 is 2.00 bits per heavy atom. The van der Waals surface area contributed by atoms with Gasteiger partial charge in [0.25, 0.3) is 5.91 Å². The second-order valence-electron chi connectivity index (χ2n) is 3.52. The fourth-order valence-corrected chi connectivity index (χ4v) is 2.41. The van der Waals surface area contributed by atoms with Crippen molar-refractivity contribution in [2.75, 3.05) is 5.32 Å². The summed E-state index contributed by atoms with van der Waals surface area (Å²) in [5.74, 6) is -0.0620. The summed E-state index contributed by atoms with van der Waals surface area (Å²) in [5, 5.41) is 2.84. The van der Waals surface area contributed by atoms with Crippen LogP contribution in [-0.4, -0.2) is 10.9 Å². The number of amides is 1. The molecule has 0 bridgehead atoms. The number of carbonyl (C=O) groups excluding carboxylic acids is 1. The normalized spacial score (nSPS) is 10.1. The van der Waals surface area contributed by atoms with Gasteiger partial charge in [-0.05, 0) is 32.0 Å². The van der Waals surface area contributed by atoms with Crippen LogP contribution in [0.5, 0.6) is 0 Å². The predicted octanol–water partition coefficient (Wildman–Crippen LogP) is 3.01. The minimum Gasteiger partial charge on any atom is -0.322 e. The molecule has 0 fully saturated rings. The molecule has 0 atom stereocenters. The number of thiophene rings is 1. The van der Waals surface area contributed by atoms with Crippen LogP contribution in [0.3, 0.4) is 0 Å². The van der Waals surface area contributed by atoms with Crippen molar-refractivity contribution < 1.29 is 4.79 Å². The standard InChI is InChI=1S/C12H12N2OS/c1-8-7-11(9(2)16-8)12(15)14-10-3-5-13-6-4-10/h3-7H,1-2H3,(H,13,14,15). The van der Waals surface area contributed by atoms with E-state index in [0.717, 1.165) is 21.0 Å². The Kier molecular flexibility index (Phi) is 3.01. The van der Waals surface area contributed by atoms with Crippen LogP contribution in [0.4, 0.5) is 5.69 Å². The summed E-state index contributed by atoms with van der Waals surface area (Å²) in [6, 6.07) is 5.45. The predicted molar refractivity (Wildman–Crippen MR) is 66.0 cm³/mol. The lowest BCUT2D eigenvalue weighted by Crippen LogP contribution is -2.11. The number of anilines is 1. The maximum atomic E-state index is 11.9. The molecule has 0 unspecified atom stereocenters.